The van der Waals surface area contributed by atoms with Crippen LogP contribution >= 0.6 is 0 Å². The summed E-state index contributed by atoms with van der Waals surface area (Å²) in [5.41, 5.74) is 0.948. The zero-order chi connectivity index (χ0) is 15.0. The summed E-state index contributed by atoms with van der Waals surface area (Å²) in [6.45, 7) is 4.12. The van der Waals surface area contributed by atoms with Crippen LogP contribution in [0.25, 0.3) is 4.91 Å². The maximum atomic E-state index is 8.80. The molecule has 0 radical (unpaired) electrons. The number of rotatable bonds is 2. The van der Waals surface area contributed by atoms with Gasteiger partial charge in [0.2, 0.25) is 0 Å². The second-order valence-electron chi connectivity index (χ2n) is 5.66. The van der Waals surface area contributed by atoms with Crippen molar-refractivity contribution in [1.29, 1.82) is 5.26 Å². The van der Waals surface area contributed by atoms with E-state index in [1.54, 1.807) is 0 Å². The van der Waals surface area contributed by atoms with E-state index in [0.29, 0.717) is 5.92 Å². The van der Waals surface area contributed by atoms with Gasteiger partial charge in [0, 0.05) is 0 Å². The van der Waals surface area contributed by atoms with Crippen LogP contribution in [0.5, 0.6) is 0 Å². The van der Waals surface area contributed by atoms with E-state index in [-0.39, 0.29) is 22.2 Å². The van der Waals surface area contributed by atoms with Crippen LogP contribution in [0.15, 0.2) is 35.7 Å². The SMILES string of the molecule is CC(C)(C#N)C1CCCC1.[Co+3].[S-]/C=C(\[S-])c1ccccc1. The minimum absolute atomic E-state index is 0. The second-order valence-corrected chi connectivity index (χ2v) is 6.34. The molecule has 1 aliphatic rings. The third-order valence-corrected chi connectivity index (χ3v) is 4.57. The van der Waals surface area contributed by atoms with Crippen LogP contribution in [0.3, 0.4) is 0 Å². The van der Waals surface area contributed by atoms with Gasteiger partial charge in [-0.15, -0.1) is 0 Å². The zero-order valence-electron chi connectivity index (χ0n) is 12.5. The Kier molecular flexibility index (Phi) is 9.89. The van der Waals surface area contributed by atoms with E-state index in [1.165, 1.54) is 31.1 Å². The Labute approximate surface area is 150 Å². The molecule has 0 saturated heterocycles. The monoisotopic (exact) mass is 362 g/mol. The van der Waals surface area contributed by atoms with Gasteiger partial charge in [-0.25, -0.2) is 5.41 Å². The fraction of sp³-hybridized carbons (Fsp3) is 0.471. The zero-order valence-corrected chi connectivity index (χ0v) is 15.1. The van der Waals surface area contributed by atoms with Crippen LogP contribution in [-0.2, 0) is 42.0 Å². The first kappa shape index (κ1) is 20.4. The topological polar surface area (TPSA) is 23.8 Å². The second kappa shape index (κ2) is 10.2. The predicted octanol–water partition coefficient (Wildman–Crippen LogP) is 4.80. The molecule has 1 nitrogen and oxygen atoms in total. The molecule has 0 unspecified atom stereocenters. The molecule has 0 aromatic heterocycles. The molecule has 1 aliphatic carbocycles. The van der Waals surface area contributed by atoms with Crippen molar-refractivity contribution >= 4 is 30.2 Å². The van der Waals surface area contributed by atoms with Crippen LogP contribution < -0.4 is 0 Å². The van der Waals surface area contributed by atoms with E-state index in [0.717, 1.165) is 10.5 Å². The largest absolute Gasteiger partial charge is 3.00 e. The standard InChI is InChI=1S/C9H15N.C8H8S2.Co/c1-9(2,7-10)8-5-3-4-6-8;9-6-8(10)7-4-2-1-3-5-7;/h8H,3-6H2,1-2H3;1-6,9-10H;/q;;+3/p-2/b;8-6-;. The molecule has 0 atom stereocenters. The summed E-state index contributed by atoms with van der Waals surface area (Å²) in [6.07, 6.45) is 5.19. The Bertz CT molecular complexity index is 471. The molecule has 0 amide bonds. The van der Waals surface area contributed by atoms with Gasteiger partial charge in [0.25, 0.3) is 0 Å². The van der Waals surface area contributed by atoms with Crippen LogP contribution in [0.4, 0.5) is 0 Å². The van der Waals surface area contributed by atoms with Crippen molar-refractivity contribution in [3.05, 3.63) is 41.3 Å². The maximum absolute atomic E-state index is 8.80. The van der Waals surface area contributed by atoms with E-state index in [4.69, 9.17) is 30.5 Å². The predicted molar refractivity (Wildman–Crippen MR) is 90.5 cm³/mol. The van der Waals surface area contributed by atoms with Crippen LogP contribution in [0.1, 0.15) is 45.1 Å². The third-order valence-electron chi connectivity index (χ3n) is 3.83. The molecule has 0 bridgehead atoms. The Morgan fingerprint density at radius 1 is 1.24 bits per heavy atom. The molecule has 114 valence electrons. The first-order valence-electron chi connectivity index (χ1n) is 6.97. The Balaban J connectivity index is 0.000000364. The van der Waals surface area contributed by atoms with E-state index in [9.17, 15) is 0 Å². The van der Waals surface area contributed by atoms with Crippen LogP contribution in [0.2, 0.25) is 0 Å². The minimum Gasteiger partial charge on any atom is -0.789 e. The number of benzene rings is 1. The van der Waals surface area contributed by atoms with Gasteiger partial charge in [-0.2, -0.15) is 10.2 Å². The summed E-state index contributed by atoms with van der Waals surface area (Å²) in [5, 5.41) is 10.3. The van der Waals surface area contributed by atoms with Crippen LogP contribution in [-0.4, -0.2) is 0 Å². The number of nitriles is 1. The van der Waals surface area contributed by atoms with E-state index in [2.05, 4.69) is 19.9 Å². The average molecular weight is 362 g/mol. The van der Waals surface area contributed by atoms with Gasteiger partial charge < -0.3 is 25.3 Å². The minimum atomic E-state index is -0.0729. The first-order chi connectivity index (χ1) is 9.51. The van der Waals surface area contributed by atoms with Gasteiger partial charge in [0.05, 0.1) is 11.5 Å². The quantitative estimate of drug-likeness (QED) is 0.706. The fourth-order valence-corrected chi connectivity index (χ4v) is 2.68. The molecule has 2 rings (SSSR count). The summed E-state index contributed by atoms with van der Waals surface area (Å²) in [7, 11) is 0. The van der Waals surface area contributed by atoms with Crippen molar-refractivity contribution in [3.63, 3.8) is 0 Å². The summed E-state index contributed by atoms with van der Waals surface area (Å²) in [4.78, 5) is 0.732. The van der Waals surface area contributed by atoms with Crippen molar-refractivity contribution in [2.45, 2.75) is 39.5 Å². The third kappa shape index (κ3) is 6.79. The average Bonchev–Trinajstić information content (AvgIpc) is 3.03. The molecular weight excluding hydrogens is 341 g/mol. The summed E-state index contributed by atoms with van der Waals surface area (Å²) < 4.78 is 0. The number of nitrogens with zero attached hydrogens (tertiary/aromatic N) is 1. The Morgan fingerprint density at radius 3 is 2.19 bits per heavy atom. The van der Waals surface area contributed by atoms with Gasteiger partial charge >= 0.3 is 16.8 Å². The van der Waals surface area contributed by atoms with Gasteiger partial charge in [0.1, 0.15) is 0 Å². The van der Waals surface area contributed by atoms with E-state index < -0.39 is 0 Å². The summed E-state index contributed by atoms with van der Waals surface area (Å²) in [6, 6.07) is 12.1. The van der Waals surface area contributed by atoms with E-state index >= 15 is 0 Å². The van der Waals surface area contributed by atoms with Crippen LogP contribution in [0, 0.1) is 22.7 Å². The molecule has 0 N–H and O–H groups in total. The summed E-state index contributed by atoms with van der Waals surface area (Å²) >= 11 is 9.65. The number of hydrogen-bond acceptors (Lipinski definition) is 3. The van der Waals surface area contributed by atoms with Crippen molar-refractivity contribution < 1.29 is 16.8 Å². The molecule has 0 aliphatic heterocycles. The smallest absolute Gasteiger partial charge is 0.789 e. The van der Waals surface area contributed by atoms with Gasteiger partial charge in [-0.3, -0.25) is 0 Å². The maximum Gasteiger partial charge on any atom is 3.00 e. The van der Waals surface area contributed by atoms with Crippen molar-refractivity contribution in [2.24, 2.45) is 11.3 Å². The van der Waals surface area contributed by atoms with Gasteiger partial charge in [0.15, 0.2) is 0 Å². The molecule has 4 heteroatoms. The molecule has 1 fully saturated rings. The van der Waals surface area contributed by atoms with Crippen molar-refractivity contribution in [1.82, 2.24) is 0 Å². The molecular formula is C17H21CoNS2+. The van der Waals surface area contributed by atoms with Crippen molar-refractivity contribution in [3.8, 4) is 6.07 Å². The van der Waals surface area contributed by atoms with Gasteiger partial charge in [-0.1, -0.05) is 43.2 Å². The van der Waals surface area contributed by atoms with E-state index in [1.807, 2.05) is 30.3 Å². The van der Waals surface area contributed by atoms with Crippen molar-refractivity contribution in [2.75, 3.05) is 0 Å². The molecule has 1 aromatic carbocycles. The Morgan fingerprint density at radius 2 is 1.76 bits per heavy atom. The normalized spacial score (nSPS) is 15.4. The Hall–Kier alpha value is -0.604. The molecule has 21 heavy (non-hydrogen) atoms. The molecule has 0 heterocycles. The first-order valence-corrected chi connectivity index (χ1v) is 7.85. The van der Waals surface area contributed by atoms with Gasteiger partial charge in [-0.05, 0) is 38.2 Å². The molecule has 1 saturated carbocycles. The summed E-state index contributed by atoms with van der Waals surface area (Å²) in [5.74, 6) is 0.664. The molecule has 0 spiro atoms. The fourth-order valence-electron chi connectivity index (χ4n) is 2.41. The number of hydrogen-bond donors (Lipinski definition) is 0. The molecule has 1 aromatic rings.